The molecule has 0 amide bonds. The number of benzene rings is 1. The van der Waals surface area contributed by atoms with Gasteiger partial charge in [0.25, 0.3) is 5.56 Å². The fourth-order valence-corrected chi connectivity index (χ4v) is 2.22. The molecule has 0 aliphatic heterocycles. The lowest BCUT2D eigenvalue weighted by Crippen LogP contribution is -2.06. The number of ether oxygens (including phenoxy) is 1. The molecule has 0 radical (unpaired) electrons. The molecule has 4 nitrogen and oxygen atoms in total. The number of aromatic nitrogens is 2. The van der Waals surface area contributed by atoms with Gasteiger partial charge in [-0.1, -0.05) is 19.1 Å². The van der Waals surface area contributed by atoms with E-state index >= 15 is 0 Å². The van der Waals surface area contributed by atoms with Crippen LogP contribution in [0.1, 0.15) is 32.6 Å². The number of hydrogen-bond acceptors (Lipinski definition) is 2. The normalized spacial score (nSPS) is 11.2. The fourth-order valence-electron chi connectivity index (χ4n) is 2.22. The number of fused-ring (bicyclic) bond motifs is 1. The highest BCUT2D eigenvalue weighted by atomic mass is 16.5. The maximum absolute atomic E-state index is 11.7. The minimum atomic E-state index is 0.00174. The van der Waals surface area contributed by atoms with E-state index < -0.39 is 0 Å². The summed E-state index contributed by atoms with van der Waals surface area (Å²) >= 11 is 0. The fraction of sp³-hybridized carbons (Fsp3) is 0.533. The van der Waals surface area contributed by atoms with Gasteiger partial charge in [-0.05, 0) is 37.8 Å². The monoisotopic (exact) mass is 262 g/mol. The van der Waals surface area contributed by atoms with E-state index in [-0.39, 0.29) is 5.56 Å². The number of nitrogens with zero attached hydrogens (tertiary/aromatic N) is 1. The van der Waals surface area contributed by atoms with Gasteiger partial charge in [0.2, 0.25) is 0 Å². The van der Waals surface area contributed by atoms with Crippen molar-refractivity contribution in [3.05, 3.63) is 34.6 Å². The van der Waals surface area contributed by atoms with E-state index in [2.05, 4.69) is 12.0 Å². The summed E-state index contributed by atoms with van der Waals surface area (Å²) in [7, 11) is 0. The molecule has 0 spiro atoms. The Morgan fingerprint density at radius 2 is 2.00 bits per heavy atom. The van der Waals surface area contributed by atoms with Gasteiger partial charge in [-0.3, -0.25) is 14.6 Å². The Balaban J connectivity index is 1.80. The molecule has 0 aliphatic carbocycles. The molecule has 0 saturated heterocycles. The Morgan fingerprint density at radius 1 is 1.16 bits per heavy atom. The second-order valence-corrected chi connectivity index (χ2v) is 4.78. The lowest BCUT2D eigenvalue weighted by atomic mass is 10.2. The first-order chi connectivity index (χ1) is 9.33. The molecule has 0 fully saturated rings. The lowest BCUT2D eigenvalue weighted by Gasteiger charge is -2.05. The zero-order valence-electron chi connectivity index (χ0n) is 11.5. The summed E-state index contributed by atoms with van der Waals surface area (Å²) in [5.41, 5.74) is 0.997. The van der Waals surface area contributed by atoms with Crippen LogP contribution >= 0.6 is 0 Å². The van der Waals surface area contributed by atoms with Gasteiger partial charge in [-0.15, -0.1) is 0 Å². The van der Waals surface area contributed by atoms with Crippen LogP contribution in [0.2, 0.25) is 0 Å². The van der Waals surface area contributed by atoms with Gasteiger partial charge in [0.15, 0.2) is 0 Å². The van der Waals surface area contributed by atoms with Crippen molar-refractivity contribution in [2.45, 2.75) is 39.2 Å². The molecule has 0 saturated carbocycles. The van der Waals surface area contributed by atoms with Crippen molar-refractivity contribution in [3.63, 3.8) is 0 Å². The summed E-state index contributed by atoms with van der Waals surface area (Å²) in [6, 6.07) is 7.71. The number of para-hydroxylation sites is 1. The van der Waals surface area contributed by atoms with Crippen molar-refractivity contribution < 1.29 is 4.74 Å². The topological polar surface area (TPSA) is 47.0 Å². The first-order valence-corrected chi connectivity index (χ1v) is 7.08. The number of unbranched alkanes of at least 4 members (excludes halogenated alkanes) is 2. The predicted molar refractivity (Wildman–Crippen MR) is 77.5 cm³/mol. The molecule has 19 heavy (non-hydrogen) atoms. The smallest absolute Gasteiger partial charge is 0.271 e. The molecular weight excluding hydrogens is 240 g/mol. The Kier molecular flexibility index (Phi) is 5.21. The van der Waals surface area contributed by atoms with Crippen molar-refractivity contribution in [1.29, 1.82) is 0 Å². The van der Waals surface area contributed by atoms with Crippen LogP contribution in [-0.2, 0) is 11.3 Å². The standard InChI is InChI=1S/C15H22N2O2/c1-2-11-19-12-7-3-6-10-17-14-9-5-4-8-13(14)15(18)16-17/h4-5,8-9H,2-3,6-7,10-12H2,1H3,(H,16,18). The molecule has 4 heteroatoms. The summed E-state index contributed by atoms with van der Waals surface area (Å²) in [5.74, 6) is 0. The average Bonchev–Trinajstić information content (AvgIpc) is 2.75. The van der Waals surface area contributed by atoms with Crippen molar-refractivity contribution in [1.82, 2.24) is 9.78 Å². The molecule has 1 heterocycles. The zero-order chi connectivity index (χ0) is 13.5. The molecule has 104 valence electrons. The summed E-state index contributed by atoms with van der Waals surface area (Å²) in [6.45, 7) is 4.68. The minimum absolute atomic E-state index is 0.00174. The largest absolute Gasteiger partial charge is 0.381 e. The highest BCUT2D eigenvalue weighted by Crippen LogP contribution is 2.10. The lowest BCUT2D eigenvalue weighted by molar-refractivity contribution is 0.130. The number of aromatic amines is 1. The van der Waals surface area contributed by atoms with E-state index in [1.54, 1.807) is 0 Å². The van der Waals surface area contributed by atoms with E-state index in [0.717, 1.165) is 56.3 Å². The van der Waals surface area contributed by atoms with Crippen molar-refractivity contribution in [2.75, 3.05) is 13.2 Å². The van der Waals surface area contributed by atoms with E-state index in [0.29, 0.717) is 0 Å². The second-order valence-electron chi connectivity index (χ2n) is 4.78. The Bertz CT molecular complexity index is 557. The summed E-state index contributed by atoms with van der Waals surface area (Å²) in [6.07, 6.45) is 4.35. The van der Waals surface area contributed by atoms with Crippen LogP contribution < -0.4 is 5.56 Å². The summed E-state index contributed by atoms with van der Waals surface area (Å²) in [5, 5.41) is 3.67. The number of nitrogens with one attached hydrogen (secondary N) is 1. The first-order valence-electron chi connectivity index (χ1n) is 7.08. The maximum Gasteiger partial charge on any atom is 0.271 e. The molecule has 1 N–H and O–H groups in total. The van der Waals surface area contributed by atoms with Crippen molar-refractivity contribution in [2.24, 2.45) is 0 Å². The van der Waals surface area contributed by atoms with Gasteiger partial charge in [0.1, 0.15) is 0 Å². The number of H-pyrrole nitrogens is 1. The SMILES string of the molecule is CCCOCCCCCn1[nH]c(=O)c2ccccc21. The van der Waals surface area contributed by atoms with Crippen LogP contribution in [0.25, 0.3) is 10.9 Å². The molecule has 1 aromatic carbocycles. The van der Waals surface area contributed by atoms with E-state index in [1.165, 1.54) is 0 Å². The average molecular weight is 262 g/mol. The van der Waals surface area contributed by atoms with Crippen LogP contribution in [-0.4, -0.2) is 23.0 Å². The Morgan fingerprint density at radius 3 is 2.84 bits per heavy atom. The van der Waals surface area contributed by atoms with Crippen LogP contribution in [0.15, 0.2) is 29.1 Å². The second kappa shape index (κ2) is 7.14. The molecule has 0 unspecified atom stereocenters. The van der Waals surface area contributed by atoms with Gasteiger partial charge >= 0.3 is 0 Å². The number of rotatable bonds is 8. The molecule has 1 aromatic heterocycles. The minimum Gasteiger partial charge on any atom is -0.381 e. The molecule has 2 rings (SSSR count). The van der Waals surface area contributed by atoms with E-state index in [1.807, 2.05) is 28.9 Å². The van der Waals surface area contributed by atoms with Gasteiger partial charge in [-0.25, -0.2) is 0 Å². The molecule has 2 aromatic rings. The summed E-state index contributed by atoms with van der Waals surface area (Å²) in [4.78, 5) is 11.7. The quantitative estimate of drug-likeness (QED) is 0.743. The molecular formula is C15H22N2O2. The van der Waals surface area contributed by atoms with Crippen LogP contribution in [0.5, 0.6) is 0 Å². The van der Waals surface area contributed by atoms with Gasteiger partial charge in [0, 0.05) is 19.8 Å². The van der Waals surface area contributed by atoms with E-state index in [4.69, 9.17) is 4.74 Å². The Labute approximate surface area is 113 Å². The third kappa shape index (κ3) is 3.70. The maximum atomic E-state index is 11.7. The van der Waals surface area contributed by atoms with E-state index in [9.17, 15) is 4.79 Å². The number of aryl methyl sites for hydroxylation is 1. The van der Waals surface area contributed by atoms with Crippen LogP contribution in [0.4, 0.5) is 0 Å². The van der Waals surface area contributed by atoms with Crippen LogP contribution in [0.3, 0.4) is 0 Å². The third-order valence-corrected chi connectivity index (χ3v) is 3.19. The molecule has 0 atom stereocenters. The summed E-state index contributed by atoms with van der Waals surface area (Å²) < 4.78 is 7.39. The van der Waals surface area contributed by atoms with Crippen LogP contribution in [0, 0.1) is 0 Å². The predicted octanol–water partition coefficient (Wildman–Crippen LogP) is 2.93. The first kappa shape index (κ1) is 13.9. The highest BCUT2D eigenvalue weighted by molar-refractivity contribution is 5.78. The Hall–Kier alpha value is -1.55. The van der Waals surface area contributed by atoms with Crippen molar-refractivity contribution in [3.8, 4) is 0 Å². The van der Waals surface area contributed by atoms with Gasteiger partial charge < -0.3 is 4.74 Å². The zero-order valence-corrected chi connectivity index (χ0v) is 11.5. The number of hydrogen-bond donors (Lipinski definition) is 1. The highest BCUT2D eigenvalue weighted by Gasteiger charge is 2.04. The van der Waals surface area contributed by atoms with Gasteiger partial charge in [-0.2, -0.15) is 0 Å². The third-order valence-electron chi connectivity index (χ3n) is 3.19. The van der Waals surface area contributed by atoms with Gasteiger partial charge in [0.05, 0.1) is 10.9 Å². The van der Waals surface area contributed by atoms with Crippen molar-refractivity contribution >= 4 is 10.9 Å². The molecule has 0 bridgehead atoms. The molecule has 0 aliphatic rings.